The van der Waals surface area contributed by atoms with Crippen LogP contribution >= 0.6 is 11.3 Å². The fourth-order valence-corrected chi connectivity index (χ4v) is 5.60. The largest absolute Gasteiger partial charge is 0.369 e. The van der Waals surface area contributed by atoms with Gasteiger partial charge in [-0.3, -0.25) is 19.1 Å². The molecule has 1 aliphatic rings. The van der Waals surface area contributed by atoms with Gasteiger partial charge in [0.1, 0.15) is 21.8 Å². The normalized spacial score (nSPS) is 14.8. The van der Waals surface area contributed by atoms with Crippen molar-refractivity contribution in [1.29, 1.82) is 10.5 Å². The zero-order valence-electron chi connectivity index (χ0n) is 21.9. The van der Waals surface area contributed by atoms with Crippen LogP contribution < -0.4 is 30.3 Å². The van der Waals surface area contributed by atoms with Crippen molar-refractivity contribution in [3.63, 3.8) is 0 Å². The molecule has 0 spiro atoms. The van der Waals surface area contributed by atoms with Crippen LogP contribution in [0.2, 0.25) is 0 Å². The van der Waals surface area contributed by atoms with Gasteiger partial charge < -0.3 is 15.5 Å². The lowest BCUT2D eigenvalue weighted by Crippen LogP contribution is -2.46. The van der Waals surface area contributed by atoms with Crippen LogP contribution in [0.4, 0.5) is 11.4 Å². The van der Waals surface area contributed by atoms with Gasteiger partial charge in [0.25, 0.3) is 11.5 Å². The number of para-hydroxylation sites is 1. The summed E-state index contributed by atoms with van der Waals surface area (Å²) in [5, 5.41) is 23.8. The molecule has 1 aliphatic heterocycles. The molecule has 0 unspecified atom stereocenters. The van der Waals surface area contributed by atoms with Crippen LogP contribution in [0.5, 0.6) is 0 Å². The van der Waals surface area contributed by atoms with Gasteiger partial charge in [-0.15, -0.1) is 11.3 Å². The number of carbonyl (C=O) groups excluding carboxylic acids is 1. The molecule has 1 saturated heterocycles. The first-order valence-electron chi connectivity index (χ1n) is 12.9. The number of benzene rings is 2. The number of anilines is 2. The van der Waals surface area contributed by atoms with Crippen molar-refractivity contribution in [1.82, 2.24) is 14.8 Å². The molecular formula is C29H31N7O2S. The van der Waals surface area contributed by atoms with Crippen LogP contribution in [0.15, 0.2) is 59.4 Å². The van der Waals surface area contributed by atoms with Gasteiger partial charge in [-0.25, -0.2) is 0 Å². The van der Waals surface area contributed by atoms with Crippen LogP contribution in [0.25, 0.3) is 11.8 Å². The summed E-state index contributed by atoms with van der Waals surface area (Å²) in [6.45, 7) is 6.94. The molecule has 0 bridgehead atoms. The molecule has 10 heteroatoms. The summed E-state index contributed by atoms with van der Waals surface area (Å²) in [5.41, 5.74) is 2.87. The number of amides is 1. The highest BCUT2D eigenvalue weighted by Gasteiger charge is 2.17. The second-order valence-electron chi connectivity index (χ2n) is 9.05. The van der Waals surface area contributed by atoms with Gasteiger partial charge in [0.05, 0.1) is 6.07 Å². The Bertz CT molecular complexity index is 1560. The van der Waals surface area contributed by atoms with E-state index in [1.807, 2.05) is 30.3 Å². The molecule has 2 aromatic carbocycles. The first-order valence-corrected chi connectivity index (χ1v) is 13.7. The quantitative estimate of drug-likeness (QED) is 0.394. The van der Waals surface area contributed by atoms with Gasteiger partial charge in [0, 0.05) is 56.8 Å². The lowest BCUT2D eigenvalue weighted by atomic mass is 10.1. The molecule has 1 aromatic heterocycles. The van der Waals surface area contributed by atoms with E-state index in [1.54, 1.807) is 13.1 Å². The molecule has 1 fully saturated rings. The van der Waals surface area contributed by atoms with E-state index >= 15 is 0 Å². The molecule has 39 heavy (non-hydrogen) atoms. The van der Waals surface area contributed by atoms with E-state index in [2.05, 4.69) is 56.8 Å². The fourth-order valence-electron chi connectivity index (χ4n) is 4.52. The van der Waals surface area contributed by atoms with Crippen molar-refractivity contribution in [2.45, 2.75) is 19.9 Å². The Morgan fingerprint density at radius 2 is 1.85 bits per heavy atom. The highest BCUT2D eigenvalue weighted by molar-refractivity contribution is 7.07. The maximum absolute atomic E-state index is 12.9. The number of nitriles is 2. The molecule has 0 radical (unpaired) electrons. The molecule has 9 nitrogen and oxygen atoms in total. The second kappa shape index (κ2) is 13.4. The zero-order chi connectivity index (χ0) is 27.6. The topological polar surface area (TPSA) is 117 Å². The third kappa shape index (κ3) is 6.94. The van der Waals surface area contributed by atoms with E-state index in [9.17, 15) is 14.9 Å². The Hall–Kier alpha value is -4.38. The minimum Gasteiger partial charge on any atom is -0.369 e. The summed E-state index contributed by atoms with van der Waals surface area (Å²) < 4.78 is 2.06. The highest BCUT2D eigenvalue weighted by Crippen LogP contribution is 2.16. The van der Waals surface area contributed by atoms with Crippen molar-refractivity contribution in [2.75, 3.05) is 49.5 Å². The number of hydrogen-bond donors (Lipinski definition) is 2. The minimum absolute atomic E-state index is 0.180. The fraction of sp³-hybridized carbons (Fsp3) is 0.310. The summed E-state index contributed by atoms with van der Waals surface area (Å²) >= 11 is 1.07. The summed E-state index contributed by atoms with van der Waals surface area (Å²) in [7, 11) is 0. The van der Waals surface area contributed by atoms with Gasteiger partial charge in [-0.1, -0.05) is 30.3 Å². The van der Waals surface area contributed by atoms with Gasteiger partial charge in [0.2, 0.25) is 0 Å². The van der Waals surface area contributed by atoms with E-state index < -0.39 is 5.91 Å². The molecule has 2 N–H and O–H groups in total. The van der Waals surface area contributed by atoms with Crippen molar-refractivity contribution >= 4 is 40.4 Å². The number of aromatic nitrogens is 1. The third-order valence-electron chi connectivity index (χ3n) is 6.61. The Kier molecular flexibility index (Phi) is 9.52. The average Bonchev–Trinajstić information content (AvgIpc) is 3.29. The molecular weight excluding hydrogens is 510 g/mol. The predicted molar refractivity (Wildman–Crippen MR) is 154 cm³/mol. The van der Waals surface area contributed by atoms with Crippen molar-refractivity contribution in [3.8, 4) is 12.1 Å². The number of nitrogens with one attached hydrogen (secondary N) is 2. The molecule has 3 aromatic rings. The monoisotopic (exact) mass is 541 g/mol. The Labute approximate surface area is 231 Å². The number of piperazine rings is 1. The van der Waals surface area contributed by atoms with Gasteiger partial charge in [-0.05, 0) is 43.2 Å². The SMILES string of the molecule is CCn1c(=C(C#N)C(=O)NCC#N)sc(=CNc2cccc(CCN3CCN(c4ccccc4)CC3)c2)c1=O. The minimum atomic E-state index is -0.670. The standard InChI is InChI=1S/C29H31N7O2S/c1-2-36-28(38)26(39-29(36)25(20-31)27(37)32-13-12-30)21-33-23-8-6-7-22(19-23)11-14-34-15-17-35(18-16-34)24-9-4-3-5-10-24/h3-10,19,21,33H,2,11,13-18H2,1H3,(H,32,37). The van der Waals surface area contributed by atoms with E-state index in [4.69, 9.17) is 5.26 Å². The first-order chi connectivity index (χ1) is 19.0. The van der Waals surface area contributed by atoms with Crippen LogP contribution in [0.3, 0.4) is 0 Å². The van der Waals surface area contributed by atoms with Gasteiger partial charge >= 0.3 is 0 Å². The van der Waals surface area contributed by atoms with Gasteiger partial charge in [-0.2, -0.15) is 10.5 Å². The summed E-state index contributed by atoms with van der Waals surface area (Å²) in [4.78, 5) is 30.2. The molecule has 0 saturated carbocycles. The number of hydrogen-bond acceptors (Lipinski definition) is 8. The zero-order valence-corrected chi connectivity index (χ0v) is 22.7. The number of carbonyl (C=O) groups is 1. The molecule has 2 heterocycles. The van der Waals surface area contributed by atoms with E-state index in [0.29, 0.717) is 11.1 Å². The van der Waals surface area contributed by atoms with Crippen LogP contribution in [-0.2, 0) is 17.8 Å². The van der Waals surface area contributed by atoms with E-state index in [-0.39, 0.29) is 22.3 Å². The van der Waals surface area contributed by atoms with Crippen LogP contribution in [0.1, 0.15) is 12.5 Å². The van der Waals surface area contributed by atoms with Gasteiger partial charge in [0.15, 0.2) is 5.57 Å². The lowest BCUT2D eigenvalue weighted by molar-refractivity contribution is -0.115. The molecule has 4 rings (SSSR count). The van der Waals surface area contributed by atoms with E-state index in [1.165, 1.54) is 15.8 Å². The van der Waals surface area contributed by atoms with Crippen molar-refractivity contribution in [3.05, 3.63) is 79.7 Å². The van der Waals surface area contributed by atoms with Crippen LogP contribution in [-0.4, -0.2) is 54.6 Å². The molecule has 200 valence electrons. The van der Waals surface area contributed by atoms with Crippen molar-refractivity contribution in [2.24, 2.45) is 0 Å². The average molecular weight is 542 g/mol. The maximum atomic E-state index is 12.9. The smallest absolute Gasteiger partial charge is 0.270 e. The number of rotatable bonds is 9. The summed E-state index contributed by atoms with van der Waals surface area (Å²) in [6, 6.07) is 22.3. The Morgan fingerprint density at radius 1 is 1.08 bits per heavy atom. The first kappa shape index (κ1) is 27.6. The van der Waals surface area contributed by atoms with Crippen molar-refractivity contribution < 1.29 is 4.79 Å². The molecule has 0 aliphatic carbocycles. The Balaban J connectivity index is 1.42. The second-order valence-corrected chi connectivity index (χ2v) is 10.1. The Morgan fingerprint density at radius 3 is 2.54 bits per heavy atom. The third-order valence-corrected chi connectivity index (χ3v) is 7.74. The maximum Gasteiger partial charge on any atom is 0.270 e. The molecule has 0 atom stereocenters. The predicted octanol–water partition coefficient (Wildman–Crippen LogP) is 1.46. The number of nitrogens with zero attached hydrogens (tertiary/aromatic N) is 5. The highest BCUT2D eigenvalue weighted by atomic mass is 32.1. The summed E-state index contributed by atoms with van der Waals surface area (Å²) in [6.07, 6.45) is 2.54. The lowest BCUT2D eigenvalue weighted by Gasteiger charge is -2.36. The molecule has 1 amide bonds. The van der Waals surface area contributed by atoms with Crippen LogP contribution in [0, 0.1) is 22.7 Å². The van der Waals surface area contributed by atoms with E-state index in [0.717, 1.165) is 56.2 Å². The number of thiazole rings is 1. The summed E-state index contributed by atoms with van der Waals surface area (Å²) in [5.74, 6) is -0.670.